The van der Waals surface area contributed by atoms with Crippen LogP contribution in [0.15, 0.2) is 24.3 Å². The fourth-order valence-electron chi connectivity index (χ4n) is 3.94. The molecule has 0 N–H and O–H groups in total. The normalized spacial score (nSPS) is 16.6. The molecule has 4 heteroatoms. The molecule has 0 aromatic heterocycles. The number of rotatable bonds is 6. The maximum atomic E-state index is 14.6. The zero-order valence-corrected chi connectivity index (χ0v) is 15.1. The summed E-state index contributed by atoms with van der Waals surface area (Å²) in [6.45, 7) is 2.12. The first-order valence-corrected chi connectivity index (χ1v) is 9.44. The molecule has 0 saturated carbocycles. The molecule has 0 aliphatic heterocycles. The van der Waals surface area contributed by atoms with E-state index in [9.17, 15) is 17.6 Å². The zero-order valence-electron chi connectivity index (χ0n) is 15.1. The first kappa shape index (κ1) is 18.9. The van der Waals surface area contributed by atoms with Crippen LogP contribution < -0.4 is 0 Å². The van der Waals surface area contributed by atoms with E-state index in [4.69, 9.17) is 0 Å². The third kappa shape index (κ3) is 3.94. The van der Waals surface area contributed by atoms with E-state index in [0.29, 0.717) is 24.8 Å². The number of hydrogen-bond donors (Lipinski definition) is 0. The Balaban J connectivity index is 1.80. The molecule has 1 aliphatic carbocycles. The molecule has 0 spiro atoms. The van der Waals surface area contributed by atoms with Gasteiger partial charge in [0.1, 0.15) is 11.6 Å². The molecule has 0 amide bonds. The summed E-state index contributed by atoms with van der Waals surface area (Å²) >= 11 is 0. The van der Waals surface area contributed by atoms with Crippen LogP contribution in [0.3, 0.4) is 0 Å². The summed E-state index contributed by atoms with van der Waals surface area (Å²) in [5, 5.41) is 0. The van der Waals surface area contributed by atoms with Crippen molar-refractivity contribution in [1.29, 1.82) is 0 Å². The lowest BCUT2D eigenvalue weighted by Crippen LogP contribution is -2.17. The van der Waals surface area contributed by atoms with E-state index in [1.54, 1.807) is 6.07 Å². The van der Waals surface area contributed by atoms with E-state index >= 15 is 0 Å². The molecule has 0 nitrogen and oxygen atoms in total. The zero-order chi connectivity index (χ0) is 18.7. The maximum absolute atomic E-state index is 14.6. The van der Waals surface area contributed by atoms with Crippen molar-refractivity contribution in [1.82, 2.24) is 0 Å². The summed E-state index contributed by atoms with van der Waals surface area (Å²) in [7, 11) is 0. The van der Waals surface area contributed by atoms with E-state index in [1.807, 2.05) is 0 Å². The first-order valence-electron chi connectivity index (χ1n) is 9.44. The van der Waals surface area contributed by atoms with Crippen molar-refractivity contribution >= 4 is 0 Å². The van der Waals surface area contributed by atoms with Crippen LogP contribution in [-0.4, -0.2) is 0 Å². The molecule has 0 heterocycles. The van der Waals surface area contributed by atoms with Gasteiger partial charge in [-0.1, -0.05) is 32.3 Å². The molecule has 2 aromatic rings. The van der Waals surface area contributed by atoms with Crippen molar-refractivity contribution in [3.05, 3.63) is 69.8 Å². The Hall–Kier alpha value is -1.84. The SMILES string of the molecule is CCCCCCc1cc(F)c(C2CCc3ccc(F)c(F)c3C2)c(F)c1. The highest BCUT2D eigenvalue weighted by Crippen LogP contribution is 2.37. The van der Waals surface area contributed by atoms with Crippen molar-refractivity contribution in [3.8, 4) is 0 Å². The molecule has 140 valence electrons. The maximum Gasteiger partial charge on any atom is 0.162 e. The molecular formula is C22H24F4. The molecule has 3 rings (SSSR count). The highest BCUT2D eigenvalue weighted by atomic mass is 19.2. The van der Waals surface area contributed by atoms with Crippen LogP contribution in [0.5, 0.6) is 0 Å². The van der Waals surface area contributed by atoms with Crippen molar-refractivity contribution < 1.29 is 17.6 Å². The number of halogens is 4. The van der Waals surface area contributed by atoms with Gasteiger partial charge in [0.05, 0.1) is 0 Å². The topological polar surface area (TPSA) is 0 Å². The van der Waals surface area contributed by atoms with Gasteiger partial charge in [-0.2, -0.15) is 0 Å². The number of fused-ring (bicyclic) bond motifs is 1. The molecule has 2 aromatic carbocycles. The van der Waals surface area contributed by atoms with Gasteiger partial charge in [0.15, 0.2) is 11.6 Å². The molecule has 0 bridgehead atoms. The van der Waals surface area contributed by atoms with Crippen LogP contribution in [0.25, 0.3) is 0 Å². The van der Waals surface area contributed by atoms with Crippen LogP contribution in [0.4, 0.5) is 17.6 Å². The van der Waals surface area contributed by atoms with Crippen LogP contribution in [-0.2, 0) is 19.3 Å². The van der Waals surface area contributed by atoms with Gasteiger partial charge in [-0.05, 0) is 72.9 Å². The van der Waals surface area contributed by atoms with Crippen molar-refractivity contribution in [3.63, 3.8) is 0 Å². The Morgan fingerprint density at radius 1 is 0.923 bits per heavy atom. The second kappa shape index (κ2) is 8.24. The summed E-state index contributed by atoms with van der Waals surface area (Å²) in [6, 6.07) is 5.49. The lowest BCUT2D eigenvalue weighted by atomic mass is 9.79. The summed E-state index contributed by atoms with van der Waals surface area (Å²) in [5.74, 6) is -3.40. The fraction of sp³-hybridized carbons (Fsp3) is 0.455. The summed E-state index contributed by atoms with van der Waals surface area (Å²) in [5.41, 5.74) is 1.65. The van der Waals surface area contributed by atoms with Crippen LogP contribution in [0, 0.1) is 23.3 Å². The standard InChI is InChI=1S/C22H24F4/c1-2-3-4-5-6-14-11-19(24)21(20(25)12-14)16-8-7-15-9-10-18(23)22(26)17(15)13-16/h9-12,16H,2-8,13H2,1H3. The number of benzene rings is 2. The minimum atomic E-state index is -0.909. The molecular weight excluding hydrogens is 340 g/mol. The first-order chi connectivity index (χ1) is 12.5. The Bertz CT molecular complexity index is 759. The lowest BCUT2D eigenvalue weighted by Gasteiger charge is -2.26. The second-order valence-corrected chi connectivity index (χ2v) is 7.22. The van der Waals surface area contributed by atoms with Gasteiger partial charge < -0.3 is 0 Å². The van der Waals surface area contributed by atoms with Gasteiger partial charge in [-0.3, -0.25) is 0 Å². The van der Waals surface area contributed by atoms with Gasteiger partial charge >= 0.3 is 0 Å². The van der Waals surface area contributed by atoms with E-state index in [0.717, 1.165) is 37.3 Å². The van der Waals surface area contributed by atoms with Crippen molar-refractivity contribution in [2.24, 2.45) is 0 Å². The van der Waals surface area contributed by atoms with Gasteiger partial charge in [0.25, 0.3) is 0 Å². The number of aryl methyl sites for hydroxylation is 2. The largest absolute Gasteiger partial charge is 0.207 e. The van der Waals surface area contributed by atoms with Gasteiger partial charge in [0, 0.05) is 5.56 Å². The average molecular weight is 364 g/mol. The van der Waals surface area contributed by atoms with E-state index in [1.165, 1.54) is 12.1 Å². The molecule has 26 heavy (non-hydrogen) atoms. The summed E-state index contributed by atoms with van der Waals surface area (Å²) < 4.78 is 56.8. The smallest absolute Gasteiger partial charge is 0.162 e. The van der Waals surface area contributed by atoms with Crippen molar-refractivity contribution in [2.45, 2.75) is 64.2 Å². The monoisotopic (exact) mass is 364 g/mol. The molecule has 1 aliphatic rings. The number of hydrogen-bond acceptors (Lipinski definition) is 0. The highest BCUT2D eigenvalue weighted by Gasteiger charge is 2.28. The Morgan fingerprint density at radius 3 is 2.35 bits per heavy atom. The molecule has 0 fully saturated rings. The second-order valence-electron chi connectivity index (χ2n) is 7.22. The minimum Gasteiger partial charge on any atom is -0.207 e. The van der Waals surface area contributed by atoms with E-state index in [-0.39, 0.29) is 17.5 Å². The summed E-state index contributed by atoms with van der Waals surface area (Å²) in [6.07, 6.45) is 5.99. The Kier molecular flexibility index (Phi) is 6.00. The van der Waals surface area contributed by atoms with E-state index in [2.05, 4.69) is 6.92 Å². The van der Waals surface area contributed by atoms with Crippen LogP contribution in [0.1, 0.15) is 67.2 Å². The van der Waals surface area contributed by atoms with Crippen molar-refractivity contribution in [2.75, 3.05) is 0 Å². The fourth-order valence-corrected chi connectivity index (χ4v) is 3.94. The Morgan fingerprint density at radius 2 is 1.65 bits per heavy atom. The third-order valence-corrected chi connectivity index (χ3v) is 5.37. The van der Waals surface area contributed by atoms with Gasteiger partial charge in [-0.15, -0.1) is 0 Å². The minimum absolute atomic E-state index is 0.0108. The lowest BCUT2D eigenvalue weighted by molar-refractivity contribution is 0.457. The molecule has 1 atom stereocenters. The van der Waals surface area contributed by atoms with Gasteiger partial charge in [0.2, 0.25) is 0 Å². The number of unbranched alkanes of at least 4 members (excludes halogenated alkanes) is 3. The van der Waals surface area contributed by atoms with E-state index < -0.39 is 29.2 Å². The molecule has 0 radical (unpaired) electrons. The Labute approximate surface area is 152 Å². The predicted octanol–water partition coefficient (Wildman–Crippen LogP) is 6.64. The predicted molar refractivity (Wildman–Crippen MR) is 95.3 cm³/mol. The average Bonchev–Trinajstić information content (AvgIpc) is 2.62. The summed E-state index contributed by atoms with van der Waals surface area (Å²) in [4.78, 5) is 0. The highest BCUT2D eigenvalue weighted by molar-refractivity contribution is 5.37. The molecule has 1 unspecified atom stereocenters. The molecule has 0 saturated heterocycles. The third-order valence-electron chi connectivity index (χ3n) is 5.37. The van der Waals surface area contributed by atoms with Crippen LogP contribution >= 0.6 is 0 Å². The van der Waals surface area contributed by atoms with Gasteiger partial charge in [-0.25, -0.2) is 17.6 Å². The van der Waals surface area contributed by atoms with Crippen LogP contribution in [0.2, 0.25) is 0 Å². The quantitative estimate of drug-likeness (QED) is 0.398.